The summed E-state index contributed by atoms with van der Waals surface area (Å²) in [7, 11) is 0. The predicted octanol–water partition coefficient (Wildman–Crippen LogP) is 5.84. The largest absolute Gasteiger partial charge is 0.349 e. The van der Waals surface area contributed by atoms with Crippen molar-refractivity contribution in [1.29, 1.82) is 0 Å². The number of nitrogens with one attached hydrogen (secondary N) is 2. The molecule has 1 unspecified atom stereocenters. The Kier molecular flexibility index (Phi) is 7.48. The Morgan fingerprint density at radius 1 is 1.03 bits per heavy atom. The summed E-state index contributed by atoms with van der Waals surface area (Å²) >= 11 is 7.41. The Bertz CT molecular complexity index is 1140. The molecule has 0 aliphatic carbocycles. The third kappa shape index (κ3) is 5.64. The van der Waals surface area contributed by atoms with Gasteiger partial charge in [0.25, 0.3) is 11.8 Å². The van der Waals surface area contributed by atoms with Crippen LogP contribution in [-0.2, 0) is 0 Å². The number of halogens is 1. The molecule has 33 heavy (non-hydrogen) atoms. The number of rotatable bonds is 7. The first-order valence-corrected chi connectivity index (χ1v) is 12.4. The van der Waals surface area contributed by atoms with Crippen molar-refractivity contribution in [2.75, 3.05) is 25.0 Å². The number of nitrogens with zero attached hydrogens (tertiary/aromatic N) is 1. The molecule has 2 heterocycles. The third-order valence-electron chi connectivity index (χ3n) is 5.98. The second kappa shape index (κ2) is 10.5. The smallest absolute Gasteiger partial charge is 0.261 e. The molecule has 1 saturated heterocycles. The molecule has 2 amide bonds. The molecule has 3 aromatic rings. The van der Waals surface area contributed by atoms with Crippen LogP contribution < -0.4 is 10.6 Å². The van der Waals surface area contributed by atoms with E-state index in [1.54, 1.807) is 24.3 Å². The molecule has 2 aromatic carbocycles. The SMILES string of the molecule is Cc1ccc(C(CNC(=O)c2sc(NC(=O)c3ccccc3Cl)cc2C)N2CCCC2)cc1. The molecule has 172 valence electrons. The highest BCUT2D eigenvalue weighted by Crippen LogP contribution is 2.29. The predicted molar refractivity (Wildman–Crippen MR) is 136 cm³/mol. The number of hydrogen-bond acceptors (Lipinski definition) is 4. The van der Waals surface area contributed by atoms with Crippen LogP contribution in [-0.4, -0.2) is 36.3 Å². The van der Waals surface area contributed by atoms with Crippen LogP contribution in [0.25, 0.3) is 0 Å². The Hall–Kier alpha value is -2.67. The molecular weight excluding hydrogens is 454 g/mol. The Labute approximate surface area is 203 Å². The highest BCUT2D eigenvalue weighted by molar-refractivity contribution is 7.18. The number of thiophene rings is 1. The van der Waals surface area contributed by atoms with Gasteiger partial charge in [-0.1, -0.05) is 53.6 Å². The zero-order valence-electron chi connectivity index (χ0n) is 18.9. The van der Waals surface area contributed by atoms with E-state index in [0.29, 0.717) is 27.0 Å². The molecule has 1 atom stereocenters. The maximum atomic E-state index is 13.0. The Balaban J connectivity index is 1.44. The number of carbonyl (C=O) groups is 2. The number of aryl methyl sites for hydroxylation is 2. The van der Waals surface area contributed by atoms with Crippen molar-refractivity contribution < 1.29 is 9.59 Å². The molecule has 1 fully saturated rings. The van der Waals surface area contributed by atoms with Crippen molar-refractivity contribution >= 4 is 39.8 Å². The minimum absolute atomic E-state index is 0.118. The van der Waals surface area contributed by atoms with Crippen LogP contribution in [0.1, 0.15) is 55.6 Å². The van der Waals surface area contributed by atoms with Crippen LogP contribution in [0.4, 0.5) is 5.00 Å². The summed E-state index contributed by atoms with van der Waals surface area (Å²) in [4.78, 5) is 28.7. The lowest BCUT2D eigenvalue weighted by Gasteiger charge is -2.28. The lowest BCUT2D eigenvalue weighted by molar-refractivity contribution is 0.0940. The summed E-state index contributed by atoms with van der Waals surface area (Å²) in [5, 5.41) is 7.01. The number of carbonyl (C=O) groups excluding carboxylic acids is 2. The third-order valence-corrected chi connectivity index (χ3v) is 7.46. The summed E-state index contributed by atoms with van der Waals surface area (Å²) in [5.74, 6) is -0.408. The molecule has 7 heteroatoms. The minimum Gasteiger partial charge on any atom is -0.349 e. The fraction of sp³-hybridized carbons (Fsp3) is 0.308. The molecule has 0 bridgehead atoms. The van der Waals surface area contributed by atoms with E-state index in [1.807, 2.05) is 13.0 Å². The van der Waals surface area contributed by atoms with Gasteiger partial charge in [0, 0.05) is 6.54 Å². The maximum absolute atomic E-state index is 13.0. The topological polar surface area (TPSA) is 61.4 Å². The first-order chi connectivity index (χ1) is 15.9. The van der Waals surface area contributed by atoms with Gasteiger partial charge in [0.1, 0.15) is 0 Å². The normalized spacial score (nSPS) is 14.8. The second-order valence-corrected chi connectivity index (χ2v) is 9.90. The average Bonchev–Trinajstić information content (AvgIpc) is 3.45. The van der Waals surface area contributed by atoms with Gasteiger partial charge in [-0.2, -0.15) is 0 Å². The number of likely N-dealkylation sites (tertiary alicyclic amines) is 1. The highest BCUT2D eigenvalue weighted by Gasteiger charge is 2.25. The zero-order chi connectivity index (χ0) is 23.4. The van der Waals surface area contributed by atoms with Gasteiger partial charge in [0.05, 0.1) is 26.5 Å². The van der Waals surface area contributed by atoms with E-state index >= 15 is 0 Å². The van der Waals surface area contributed by atoms with Crippen LogP contribution in [0.3, 0.4) is 0 Å². The van der Waals surface area contributed by atoms with Crippen molar-refractivity contribution in [3.05, 3.63) is 86.8 Å². The molecular formula is C26H28ClN3O2S. The van der Waals surface area contributed by atoms with E-state index in [0.717, 1.165) is 18.7 Å². The van der Waals surface area contributed by atoms with Gasteiger partial charge in [0.2, 0.25) is 0 Å². The molecule has 5 nitrogen and oxygen atoms in total. The molecule has 4 rings (SSSR count). The van der Waals surface area contributed by atoms with E-state index < -0.39 is 0 Å². The fourth-order valence-electron chi connectivity index (χ4n) is 4.16. The van der Waals surface area contributed by atoms with Crippen molar-refractivity contribution in [3.63, 3.8) is 0 Å². The number of benzene rings is 2. The monoisotopic (exact) mass is 481 g/mol. The summed E-state index contributed by atoms with van der Waals surface area (Å²) in [6.07, 6.45) is 2.38. The zero-order valence-corrected chi connectivity index (χ0v) is 20.4. The van der Waals surface area contributed by atoms with Crippen LogP contribution in [0.5, 0.6) is 0 Å². The van der Waals surface area contributed by atoms with Crippen molar-refractivity contribution in [2.24, 2.45) is 0 Å². The van der Waals surface area contributed by atoms with Gasteiger partial charge in [0.15, 0.2) is 0 Å². The molecule has 0 saturated carbocycles. The van der Waals surface area contributed by atoms with Crippen LogP contribution in [0, 0.1) is 13.8 Å². The van der Waals surface area contributed by atoms with Gasteiger partial charge in [-0.05, 0) is 69.1 Å². The molecule has 1 aliphatic rings. The molecule has 0 radical (unpaired) electrons. The van der Waals surface area contributed by atoms with Crippen LogP contribution >= 0.6 is 22.9 Å². The fourth-order valence-corrected chi connectivity index (χ4v) is 5.37. The second-order valence-electron chi connectivity index (χ2n) is 8.44. The highest BCUT2D eigenvalue weighted by atomic mass is 35.5. The van der Waals surface area contributed by atoms with Gasteiger partial charge in [-0.3, -0.25) is 14.5 Å². The van der Waals surface area contributed by atoms with E-state index in [9.17, 15) is 9.59 Å². The summed E-state index contributed by atoms with van der Waals surface area (Å²) in [5.41, 5.74) is 3.68. The quantitative estimate of drug-likeness (QED) is 0.445. The number of anilines is 1. The van der Waals surface area contributed by atoms with E-state index in [4.69, 9.17) is 11.6 Å². The molecule has 1 aliphatic heterocycles. The standard InChI is InChI=1S/C26H28ClN3O2S/c1-17-9-11-19(12-10-17)22(30-13-5-6-14-30)16-28-26(32)24-18(2)15-23(33-24)29-25(31)20-7-3-4-8-21(20)27/h3-4,7-12,15,22H,5-6,13-14,16H2,1-2H3,(H,28,32)(H,29,31). The first kappa shape index (κ1) is 23.5. The lowest BCUT2D eigenvalue weighted by atomic mass is 10.0. The average molecular weight is 482 g/mol. The van der Waals surface area contributed by atoms with Crippen molar-refractivity contribution in [3.8, 4) is 0 Å². The summed E-state index contributed by atoms with van der Waals surface area (Å²) in [6.45, 7) is 6.60. The van der Waals surface area contributed by atoms with Crippen molar-refractivity contribution in [2.45, 2.75) is 32.7 Å². The summed E-state index contributed by atoms with van der Waals surface area (Å²) < 4.78 is 0. The van der Waals surface area contributed by atoms with Crippen LogP contribution in [0.2, 0.25) is 5.02 Å². The lowest BCUT2D eigenvalue weighted by Crippen LogP contribution is -2.36. The maximum Gasteiger partial charge on any atom is 0.261 e. The number of amides is 2. The van der Waals surface area contributed by atoms with Gasteiger partial charge >= 0.3 is 0 Å². The summed E-state index contributed by atoms with van der Waals surface area (Å²) in [6, 6.07) is 17.4. The van der Waals surface area contributed by atoms with Gasteiger partial charge < -0.3 is 10.6 Å². The van der Waals surface area contributed by atoms with E-state index in [1.165, 1.54) is 35.3 Å². The molecule has 2 N–H and O–H groups in total. The van der Waals surface area contributed by atoms with Gasteiger partial charge in [-0.25, -0.2) is 0 Å². The molecule has 1 aromatic heterocycles. The minimum atomic E-state index is -0.290. The van der Waals surface area contributed by atoms with Crippen LogP contribution in [0.15, 0.2) is 54.6 Å². The Morgan fingerprint density at radius 2 is 1.73 bits per heavy atom. The van der Waals surface area contributed by atoms with Gasteiger partial charge in [-0.15, -0.1) is 11.3 Å². The number of hydrogen-bond donors (Lipinski definition) is 2. The Morgan fingerprint density at radius 3 is 2.42 bits per heavy atom. The van der Waals surface area contributed by atoms with E-state index in [-0.39, 0.29) is 17.9 Å². The first-order valence-electron chi connectivity index (χ1n) is 11.2. The van der Waals surface area contributed by atoms with E-state index in [2.05, 4.69) is 46.7 Å². The molecule has 0 spiro atoms. The van der Waals surface area contributed by atoms with Crippen molar-refractivity contribution in [1.82, 2.24) is 10.2 Å².